The standard InChI is InChI=1S/C24H35N3O6/c1-24(2,3)33-23(31)27-19(15-20(28)32-17-12-8-5-9-13-17)22(30)26-18(21(25)29)14-16-10-6-4-7-11-16/h4,6-7,10-11,17-19H,5,8-9,12-15H2,1-3H3,(H2,25,29)(H,26,30)(H,27,31)/t18-,19-/m0/s1. The zero-order chi connectivity index (χ0) is 24.4. The van der Waals surface area contributed by atoms with Gasteiger partial charge in [-0.15, -0.1) is 0 Å². The fourth-order valence-corrected chi connectivity index (χ4v) is 3.59. The van der Waals surface area contributed by atoms with Crippen molar-refractivity contribution in [3.05, 3.63) is 35.9 Å². The van der Waals surface area contributed by atoms with Gasteiger partial charge in [-0.3, -0.25) is 14.4 Å². The number of nitrogens with two attached hydrogens (primary N) is 1. The number of alkyl carbamates (subject to hydrolysis) is 1. The van der Waals surface area contributed by atoms with Gasteiger partial charge in [0.05, 0.1) is 6.42 Å². The lowest BCUT2D eigenvalue weighted by atomic mass is 9.98. The first-order valence-electron chi connectivity index (χ1n) is 11.4. The van der Waals surface area contributed by atoms with Crippen LogP contribution in [0.4, 0.5) is 4.79 Å². The number of ether oxygens (including phenoxy) is 2. The van der Waals surface area contributed by atoms with Crippen molar-refractivity contribution in [2.45, 2.75) is 89.5 Å². The van der Waals surface area contributed by atoms with Crippen molar-refractivity contribution in [1.29, 1.82) is 0 Å². The summed E-state index contributed by atoms with van der Waals surface area (Å²) in [6.07, 6.45) is 3.38. The van der Waals surface area contributed by atoms with Crippen molar-refractivity contribution >= 4 is 23.9 Å². The van der Waals surface area contributed by atoms with Crippen molar-refractivity contribution in [3.63, 3.8) is 0 Å². The molecule has 0 radical (unpaired) electrons. The molecule has 1 aliphatic carbocycles. The van der Waals surface area contributed by atoms with Crippen LogP contribution in [0, 0.1) is 0 Å². The van der Waals surface area contributed by atoms with Crippen LogP contribution in [-0.4, -0.2) is 47.7 Å². The van der Waals surface area contributed by atoms with Crippen LogP contribution < -0.4 is 16.4 Å². The number of carbonyl (C=O) groups excluding carboxylic acids is 4. The Labute approximate surface area is 194 Å². The monoisotopic (exact) mass is 461 g/mol. The summed E-state index contributed by atoms with van der Waals surface area (Å²) in [6, 6.07) is 6.76. The summed E-state index contributed by atoms with van der Waals surface area (Å²) >= 11 is 0. The van der Waals surface area contributed by atoms with E-state index >= 15 is 0 Å². The van der Waals surface area contributed by atoms with Gasteiger partial charge in [0.25, 0.3) is 0 Å². The number of amides is 3. The molecule has 1 saturated carbocycles. The van der Waals surface area contributed by atoms with E-state index in [4.69, 9.17) is 15.2 Å². The quantitative estimate of drug-likeness (QED) is 0.483. The Bertz CT molecular complexity index is 815. The molecule has 1 fully saturated rings. The zero-order valence-electron chi connectivity index (χ0n) is 19.6. The van der Waals surface area contributed by atoms with E-state index in [1.165, 1.54) is 0 Å². The number of nitrogens with one attached hydrogen (secondary N) is 2. The molecule has 9 heteroatoms. The van der Waals surface area contributed by atoms with Crippen LogP contribution in [0.1, 0.15) is 64.9 Å². The molecule has 1 aromatic rings. The number of carbonyl (C=O) groups is 4. The highest BCUT2D eigenvalue weighted by Crippen LogP contribution is 2.21. The maximum absolute atomic E-state index is 13.0. The summed E-state index contributed by atoms with van der Waals surface area (Å²) in [4.78, 5) is 49.8. The van der Waals surface area contributed by atoms with Gasteiger partial charge in [0.1, 0.15) is 23.8 Å². The molecule has 1 aromatic carbocycles. The molecular formula is C24H35N3O6. The Morgan fingerprint density at radius 1 is 1.00 bits per heavy atom. The molecule has 182 valence electrons. The molecule has 0 bridgehead atoms. The van der Waals surface area contributed by atoms with E-state index in [2.05, 4.69) is 10.6 Å². The van der Waals surface area contributed by atoms with Gasteiger partial charge in [-0.2, -0.15) is 0 Å². The summed E-state index contributed by atoms with van der Waals surface area (Å²) in [5.74, 6) is -2.05. The average Bonchev–Trinajstić information content (AvgIpc) is 2.72. The molecule has 4 N–H and O–H groups in total. The number of hydrogen-bond donors (Lipinski definition) is 3. The lowest BCUT2D eigenvalue weighted by Gasteiger charge is -2.26. The van der Waals surface area contributed by atoms with E-state index in [-0.39, 0.29) is 12.5 Å². The van der Waals surface area contributed by atoms with E-state index < -0.39 is 48.0 Å². The fraction of sp³-hybridized carbons (Fsp3) is 0.583. The zero-order valence-corrected chi connectivity index (χ0v) is 19.6. The van der Waals surface area contributed by atoms with Gasteiger partial charge in [0.15, 0.2) is 0 Å². The number of benzene rings is 1. The second-order valence-electron chi connectivity index (χ2n) is 9.31. The third-order valence-electron chi connectivity index (χ3n) is 5.17. The Morgan fingerprint density at radius 2 is 1.64 bits per heavy atom. The van der Waals surface area contributed by atoms with Gasteiger partial charge in [-0.25, -0.2) is 4.79 Å². The second-order valence-corrected chi connectivity index (χ2v) is 9.31. The first kappa shape index (κ1) is 26.2. The fourth-order valence-electron chi connectivity index (χ4n) is 3.59. The molecule has 33 heavy (non-hydrogen) atoms. The Balaban J connectivity index is 2.08. The van der Waals surface area contributed by atoms with Crippen molar-refractivity contribution in [2.75, 3.05) is 0 Å². The molecule has 0 aliphatic heterocycles. The largest absolute Gasteiger partial charge is 0.462 e. The first-order valence-corrected chi connectivity index (χ1v) is 11.4. The normalized spacial score (nSPS) is 16.2. The highest BCUT2D eigenvalue weighted by atomic mass is 16.6. The highest BCUT2D eigenvalue weighted by molar-refractivity contribution is 5.93. The van der Waals surface area contributed by atoms with Crippen molar-refractivity contribution in [3.8, 4) is 0 Å². The van der Waals surface area contributed by atoms with Crippen LogP contribution in [0.15, 0.2) is 30.3 Å². The lowest BCUT2D eigenvalue weighted by molar-refractivity contribution is -0.152. The predicted octanol–water partition coefficient (Wildman–Crippen LogP) is 2.36. The molecule has 2 rings (SSSR count). The van der Waals surface area contributed by atoms with Crippen molar-refractivity contribution in [1.82, 2.24) is 10.6 Å². The van der Waals surface area contributed by atoms with Gasteiger partial charge in [-0.1, -0.05) is 36.8 Å². The molecular weight excluding hydrogens is 426 g/mol. The molecule has 0 spiro atoms. The van der Waals surface area contributed by atoms with E-state index in [1.807, 2.05) is 18.2 Å². The summed E-state index contributed by atoms with van der Waals surface area (Å²) in [6.45, 7) is 5.05. The van der Waals surface area contributed by atoms with E-state index in [0.717, 1.165) is 37.7 Å². The Morgan fingerprint density at radius 3 is 2.21 bits per heavy atom. The maximum atomic E-state index is 13.0. The minimum atomic E-state index is -1.28. The van der Waals surface area contributed by atoms with Crippen LogP contribution in [-0.2, 0) is 30.3 Å². The number of primary amides is 1. The van der Waals surface area contributed by atoms with Crippen LogP contribution >= 0.6 is 0 Å². The predicted molar refractivity (Wildman–Crippen MR) is 122 cm³/mol. The van der Waals surface area contributed by atoms with Gasteiger partial charge >= 0.3 is 12.1 Å². The SMILES string of the molecule is CC(C)(C)OC(=O)N[C@@H](CC(=O)OC1CCCCC1)C(=O)N[C@@H](Cc1ccccc1)C(N)=O. The van der Waals surface area contributed by atoms with E-state index in [1.54, 1.807) is 32.9 Å². The minimum absolute atomic E-state index is 0.174. The van der Waals surface area contributed by atoms with Gasteiger partial charge in [0.2, 0.25) is 11.8 Å². The van der Waals surface area contributed by atoms with Gasteiger partial charge in [-0.05, 0) is 52.0 Å². The minimum Gasteiger partial charge on any atom is -0.462 e. The summed E-state index contributed by atoms with van der Waals surface area (Å²) in [7, 11) is 0. The van der Waals surface area contributed by atoms with E-state index in [9.17, 15) is 19.2 Å². The molecule has 0 heterocycles. The third-order valence-corrected chi connectivity index (χ3v) is 5.17. The second kappa shape index (κ2) is 12.2. The topological polar surface area (TPSA) is 137 Å². The molecule has 0 aromatic heterocycles. The molecule has 2 atom stereocenters. The van der Waals surface area contributed by atoms with Crippen molar-refractivity contribution < 1.29 is 28.7 Å². The molecule has 3 amide bonds. The highest BCUT2D eigenvalue weighted by Gasteiger charge is 2.31. The van der Waals surface area contributed by atoms with Gasteiger partial charge in [0, 0.05) is 6.42 Å². The van der Waals surface area contributed by atoms with E-state index in [0.29, 0.717) is 0 Å². The number of esters is 1. The summed E-state index contributed by atoms with van der Waals surface area (Å²) < 4.78 is 10.7. The third kappa shape index (κ3) is 9.93. The molecule has 9 nitrogen and oxygen atoms in total. The molecule has 0 unspecified atom stereocenters. The van der Waals surface area contributed by atoms with Crippen LogP contribution in [0.5, 0.6) is 0 Å². The van der Waals surface area contributed by atoms with Crippen LogP contribution in [0.2, 0.25) is 0 Å². The molecule has 0 saturated heterocycles. The average molecular weight is 462 g/mol. The first-order chi connectivity index (χ1) is 15.5. The number of hydrogen-bond acceptors (Lipinski definition) is 6. The summed E-state index contributed by atoms with van der Waals surface area (Å²) in [5, 5.41) is 4.97. The van der Waals surface area contributed by atoms with Crippen molar-refractivity contribution in [2.24, 2.45) is 5.73 Å². The summed E-state index contributed by atoms with van der Waals surface area (Å²) in [5.41, 5.74) is 5.49. The smallest absolute Gasteiger partial charge is 0.408 e. The van der Waals surface area contributed by atoms with Crippen LogP contribution in [0.25, 0.3) is 0 Å². The van der Waals surface area contributed by atoms with Gasteiger partial charge < -0.3 is 25.8 Å². The maximum Gasteiger partial charge on any atom is 0.408 e. The Hall–Kier alpha value is -3.10. The lowest BCUT2D eigenvalue weighted by Crippen LogP contribution is -2.54. The number of rotatable bonds is 9. The molecule has 1 aliphatic rings. The Kier molecular flexibility index (Phi) is 9.69. The van der Waals surface area contributed by atoms with Crippen LogP contribution in [0.3, 0.4) is 0 Å².